The maximum atomic E-state index is 12.2. The van der Waals surface area contributed by atoms with E-state index in [1.165, 1.54) is 36.0 Å². The molecule has 0 spiro atoms. The van der Waals surface area contributed by atoms with Crippen LogP contribution >= 0.6 is 0 Å². The van der Waals surface area contributed by atoms with E-state index < -0.39 is 5.97 Å². The Morgan fingerprint density at radius 2 is 1.57 bits per heavy atom. The van der Waals surface area contributed by atoms with E-state index in [1.807, 2.05) is 10.7 Å². The van der Waals surface area contributed by atoms with Crippen molar-refractivity contribution in [1.29, 1.82) is 5.41 Å². The molecule has 7 heteroatoms. The number of nitrogens with zero attached hydrogens (tertiary/aromatic N) is 2. The highest BCUT2D eigenvalue weighted by Gasteiger charge is 2.26. The molecule has 37 heavy (non-hydrogen) atoms. The highest BCUT2D eigenvalue weighted by molar-refractivity contribution is 5.76. The largest absolute Gasteiger partial charge is 0.481 e. The fraction of sp³-hybridized carbons (Fsp3) is 0.600. The Morgan fingerprint density at radius 3 is 2.30 bits per heavy atom. The Kier molecular flexibility index (Phi) is 9.92. The topological polar surface area (TPSA) is 108 Å². The van der Waals surface area contributed by atoms with Gasteiger partial charge in [0.2, 0.25) is 5.91 Å². The normalized spacial score (nSPS) is 18.6. The van der Waals surface area contributed by atoms with Crippen LogP contribution in [0.15, 0.2) is 30.3 Å². The van der Waals surface area contributed by atoms with Gasteiger partial charge in [0.15, 0.2) is 0 Å². The monoisotopic (exact) mass is 506 g/mol. The smallest absolute Gasteiger partial charge is 0.306 e. The number of hydrogen-bond acceptors (Lipinski definition) is 4. The Bertz CT molecular complexity index is 1120. The molecular formula is C30H42N4O3. The number of aryl methyl sites for hydroxylation is 3. The molecule has 1 aromatic heterocycles. The molecule has 2 aromatic rings. The first kappa shape index (κ1) is 27.1. The molecule has 3 N–H and O–H groups in total. The van der Waals surface area contributed by atoms with Gasteiger partial charge in [-0.25, -0.2) is 4.68 Å². The van der Waals surface area contributed by atoms with E-state index in [-0.39, 0.29) is 17.9 Å². The van der Waals surface area contributed by atoms with Crippen LogP contribution in [-0.4, -0.2) is 32.8 Å². The van der Waals surface area contributed by atoms with Crippen LogP contribution < -0.4 is 10.8 Å². The van der Waals surface area contributed by atoms with E-state index in [2.05, 4.69) is 29.6 Å². The van der Waals surface area contributed by atoms with Gasteiger partial charge < -0.3 is 10.4 Å². The lowest BCUT2D eigenvalue weighted by molar-refractivity contribution is -0.142. The van der Waals surface area contributed by atoms with Gasteiger partial charge in [-0.15, -0.1) is 0 Å². The van der Waals surface area contributed by atoms with Crippen LogP contribution in [0.5, 0.6) is 0 Å². The second kappa shape index (κ2) is 13.5. The van der Waals surface area contributed by atoms with Gasteiger partial charge in [-0.3, -0.25) is 15.0 Å². The lowest BCUT2D eigenvalue weighted by Gasteiger charge is -2.26. The highest BCUT2D eigenvalue weighted by Crippen LogP contribution is 2.30. The third kappa shape index (κ3) is 7.76. The summed E-state index contributed by atoms with van der Waals surface area (Å²) in [6.07, 6.45) is 14.4. The van der Waals surface area contributed by atoms with Crippen LogP contribution in [0.1, 0.15) is 94.6 Å². The zero-order valence-corrected chi connectivity index (χ0v) is 22.0. The number of carbonyl (C=O) groups excluding carboxylic acids is 1. The summed E-state index contributed by atoms with van der Waals surface area (Å²) in [5, 5.41) is 25.4. The molecule has 1 saturated carbocycles. The SMILES string of the molecule is N=c1cc2c(nn1CCCCCCCCCCC(=O)NC1CCC(C(=O)O)CC1)-c1ccccc1CC2. The molecule has 2 aliphatic carbocycles. The standard InChI is InChI=1S/C30H42N4O3/c31-27-21-24-15-14-22-11-8-9-12-26(22)29(24)33-34(27)20-10-6-4-2-1-3-5-7-13-28(35)32-25-18-16-23(17-19-25)30(36)37/h8-9,11-12,21,23,25,31H,1-7,10,13-20H2,(H,32,35)(H,36,37). The number of hydrogen-bond donors (Lipinski definition) is 3. The second-order valence-corrected chi connectivity index (χ2v) is 10.8. The molecule has 1 amide bonds. The number of carboxylic acids is 1. The molecule has 0 aliphatic heterocycles. The molecule has 1 heterocycles. The summed E-state index contributed by atoms with van der Waals surface area (Å²) in [5.41, 5.74) is 5.33. The third-order valence-corrected chi connectivity index (χ3v) is 8.02. The molecule has 4 rings (SSSR count). The van der Waals surface area contributed by atoms with Gasteiger partial charge in [0, 0.05) is 24.6 Å². The molecule has 0 bridgehead atoms. The number of fused-ring (bicyclic) bond motifs is 3. The van der Waals surface area contributed by atoms with E-state index in [9.17, 15) is 9.59 Å². The predicted molar refractivity (Wildman–Crippen MR) is 144 cm³/mol. The van der Waals surface area contributed by atoms with Crippen molar-refractivity contribution in [2.45, 2.75) is 109 Å². The van der Waals surface area contributed by atoms with Gasteiger partial charge in [0.05, 0.1) is 11.6 Å². The molecule has 0 atom stereocenters. The predicted octanol–water partition coefficient (Wildman–Crippen LogP) is 5.40. The first-order valence-electron chi connectivity index (χ1n) is 14.3. The van der Waals surface area contributed by atoms with Gasteiger partial charge >= 0.3 is 5.97 Å². The van der Waals surface area contributed by atoms with E-state index in [0.717, 1.165) is 70.0 Å². The minimum absolute atomic E-state index is 0.115. The second-order valence-electron chi connectivity index (χ2n) is 10.8. The number of nitrogens with one attached hydrogen (secondary N) is 2. The highest BCUT2D eigenvalue weighted by atomic mass is 16.4. The molecule has 1 fully saturated rings. The van der Waals surface area contributed by atoms with Crippen molar-refractivity contribution < 1.29 is 14.7 Å². The first-order valence-corrected chi connectivity index (χ1v) is 14.3. The molecule has 0 saturated heterocycles. The van der Waals surface area contributed by atoms with E-state index in [4.69, 9.17) is 15.6 Å². The quantitative estimate of drug-likeness (QED) is 0.316. The molecular weight excluding hydrogens is 464 g/mol. The molecule has 2 aliphatic rings. The number of aliphatic carboxylic acids is 1. The Morgan fingerprint density at radius 1 is 0.919 bits per heavy atom. The van der Waals surface area contributed by atoms with Crippen LogP contribution in [0.2, 0.25) is 0 Å². The van der Waals surface area contributed by atoms with Crippen molar-refractivity contribution in [3.63, 3.8) is 0 Å². The Balaban J connectivity index is 1.04. The maximum Gasteiger partial charge on any atom is 0.306 e. The Hall–Kier alpha value is -2.96. The Labute approximate surface area is 220 Å². The van der Waals surface area contributed by atoms with Crippen LogP contribution in [0, 0.1) is 11.3 Å². The number of benzene rings is 1. The zero-order chi connectivity index (χ0) is 26.0. The summed E-state index contributed by atoms with van der Waals surface area (Å²) in [7, 11) is 0. The fourth-order valence-electron chi connectivity index (χ4n) is 5.77. The zero-order valence-electron chi connectivity index (χ0n) is 22.0. The van der Waals surface area contributed by atoms with Crippen molar-refractivity contribution in [2.24, 2.45) is 5.92 Å². The van der Waals surface area contributed by atoms with Gasteiger partial charge in [-0.1, -0.05) is 62.8 Å². The summed E-state index contributed by atoms with van der Waals surface area (Å²) in [6.45, 7) is 0.793. The minimum atomic E-state index is -0.705. The summed E-state index contributed by atoms with van der Waals surface area (Å²) in [4.78, 5) is 23.2. The maximum absolute atomic E-state index is 12.2. The summed E-state index contributed by atoms with van der Waals surface area (Å²) >= 11 is 0. The average molecular weight is 507 g/mol. The minimum Gasteiger partial charge on any atom is -0.481 e. The van der Waals surface area contributed by atoms with Crippen LogP contribution in [0.25, 0.3) is 11.3 Å². The number of rotatable bonds is 13. The summed E-state index contributed by atoms with van der Waals surface area (Å²) in [6, 6.07) is 10.6. The van der Waals surface area contributed by atoms with Crippen LogP contribution in [0.4, 0.5) is 0 Å². The van der Waals surface area contributed by atoms with Crippen LogP contribution in [-0.2, 0) is 29.0 Å². The number of carboxylic acid groups (broad SMARTS) is 1. The van der Waals surface area contributed by atoms with Gasteiger partial charge in [-0.05, 0) is 68.6 Å². The number of amides is 1. The van der Waals surface area contributed by atoms with Crippen molar-refractivity contribution in [1.82, 2.24) is 15.1 Å². The number of carbonyl (C=O) groups is 2. The average Bonchev–Trinajstić information content (AvgIpc) is 2.90. The van der Waals surface area contributed by atoms with Crippen molar-refractivity contribution >= 4 is 11.9 Å². The third-order valence-electron chi connectivity index (χ3n) is 8.02. The molecule has 0 radical (unpaired) electrons. The van der Waals surface area contributed by atoms with Crippen molar-refractivity contribution in [3.05, 3.63) is 46.9 Å². The molecule has 1 aromatic carbocycles. The van der Waals surface area contributed by atoms with Gasteiger partial charge in [-0.2, -0.15) is 5.10 Å². The van der Waals surface area contributed by atoms with Crippen LogP contribution in [0.3, 0.4) is 0 Å². The van der Waals surface area contributed by atoms with E-state index in [1.54, 1.807) is 0 Å². The molecule has 7 nitrogen and oxygen atoms in total. The van der Waals surface area contributed by atoms with E-state index >= 15 is 0 Å². The van der Waals surface area contributed by atoms with Crippen molar-refractivity contribution in [2.75, 3.05) is 0 Å². The van der Waals surface area contributed by atoms with E-state index in [0.29, 0.717) is 24.8 Å². The number of aromatic nitrogens is 2. The summed E-state index contributed by atoms with van der Waals surface area (Å²) < 4.78 is 1.86. The van der Waals surface area contributed by atoms with Crippen molar-refractivity contribution in [3.8, 4) is 11.3 Å². The van der Waals surface area contributed by atoms with Gasteiger partial charge in [0.25, 0.3) is 0 Å². The molecule has 200 valence electrons. The summed E-state index contributed by atoms with van der Waals surface area (Å²) in [5.74, 6) is -0.826. The lowest BCUT2D eigenvalue weighted by atomic mass is 9.86. The fourth-order valence-corrected chi connectivity index (χ4v) is 5.77. The molecule has 0 unspecified atom stereocenters. The number of unbranched alkanes of at least 4 members (excludes halogenated alkanes) is 7. The van der Waals surface area contributed by atoms with Gasteiger partial charge in [0.1, 0.15) is 5.49 Å². The lowest BCUT2D eigenvalue weighted by Crippen LogP contribution is -2.38. The first-order chi connectivity index (χ1) is 18.0.